The lowest BCUT2D eigenvalue weighted by Crippen LogP contribution is -2.08. The lowest BCUT2D eigenvalue weighted by atomic mass is 10.1. The molecule has 0 saturated heterocycles. The quantitative estimate of drug-likeness (QED) is 0.784. The maximum absolute atomic E-state index is 11.9. The number of anilines is 1. The molecule has 0 radical (unpaired) electrons. The molecule has 0 unspecified atom stereocenters. The molecule has 0 saturated carbocycles. The highest BCUT2D eigenvalue weighted by molar-refractivity contribution is 6.01. The summed E-state index contributed by atoms with van der Waals surface area (Å²) >= 11 is 0. The number of carbonyl (C=O) groups excluding carboxylic acids is 1. The largest absolute Gasteiger partial charge is 0.383 e. The molecule has 2 heterocycles. The average Bonchev–Trinajstić information content (AvgIpc) is 2.31. The van der Waals surface area contributed by atoms with Crippen molar-refractivity contribution < 1.29 is 4.79 Å². The predicted octanol–water partition coefficient (Wildman–Crippen LogP) is 1.48. The molecule has 0 amide bonds. The number of carbonyl (C=O) groups is 1. The summed E-state index contributed by atoms with van der Waals surface area (Å²) in [6, 6.07) is 7.04. The molecule has 0 fully saturated rings. The Bertz CT molecular complexity index is 497. The molecule has 0 aliphatic rings. The molecule has 0 aromatic carbocycles. The van der Waals surface area contributed by atoms with Gasteiger partial charge in [-0.1, -0.05) is 6.07 Å². The Balaban J connectivity index is 2.19. The third-order valence-electron chi connectivity index (χ3n) is 2.23. The number of hydrogen-bond donors (Lipinski definition) is 1. The van der Waals surface area contributed by atoms with Crippen molar-refractivity contribution in [2.45, 2.75) is 6.42 Å². The highest BCUT2D eigenvalue weighted by Crippen LogP contribution is 2.11. The molecular formula is C12H11N3O. The van der Waals surface area contributed by atoms with Crippen LogP contribution in [0, 0.1) is 0 Å². The molecule has 2 rings (SSSR count). The first-order valence-electron chi connectivity index (χ1n) is 4.90. The van der Waals surface area contributed by atoms with Gasteiger partial charge in [0.15, 0.2) is 5.78 Å². The van der Waals surface area contributed by atoms with Crippen molar-refractivity contribution >= 4 is 11.6 Å². The monoisotopic (exact) mass is 213 g/mol. The highest BCUT2D eigenvalue weighted by Gasteiger charge is 2.10. The Morgan fingerprint density at radius 2 is 2.06 bits per heavy atom. The molecule has 4 heteroatoms. The standard InChI is InChI=1S/C12H11N3O/c13-12-10(4-2-6-15-12)11(16)7-9-3-1-5-14-8-9/h1-6,8H,7H2,(H2,13,15). The van der Waals surface area contributed by atoms with Crippen molar-refractivity contribution in [3.05, 3.63) is 54.0 Å². The number of nitrogen functional groups attached to an aromatic ring is 1. The molecule has 4 nitrogen and oxygen atoms in total. The molecule has 2 aromatic rings. The van der Waals surface area contributed by atoms with Gasteiger partial charge in [-0.3, -0.25) is 9.78 Å². The number of rotatable bonds is 3. The fraction of sp³-hybridized carbons (Fsp3) is 0.0833. The van der Waals surface area contributed by atoms with E-state index in [0.717, 1.165) is 5.56 Å². The van der Waals surface area contributed by atoms with Crippen LogP contribution < -0.4 is 5.73 Å². The van der Waals surface area contributed by atoms with E-state index < -0.39 is 0 Å². The van der Waals surface area contributed by atoms with E-state index in [9.17, 15) is 4.79 Å². The molecule has 2 aromatic heterocycles. The summed E-state index contributed by atoms with van der Waals surface area (Å²) < 4.78 is 0. The van der Waals surface area contributed by atoms with Gasteiger partial charge in [-0.15, -0.1) is 0 Å². The van der Waals surface area contributed by atoms with E-state index in [1.807, 2.05) is 6.07 Å². The fourth-order valence-corrected chi connectivity index (χ4v) is 1.44. The molecule has 0 spiro atoms. The summed E-state index contributed by atoms with van der Waals surface area (Å²) in [6.07, 6.45) is 5.21. The van der Waals surface area contributed by atoms with Gasteiger partial charge in [-0.2, -0.15) is 0 Å². The molecular weight excluding hydrogens is 202 g/mol. The maximum atomic E-state index is 11.9. The maximum Gasteiger partial charge on any atom is 0.170 e. The second-order valence-electron chi connectivity index (χ2n) is 3.40. The van der Waals surface area contributed by atoms with Crippen LogP contribution in [0.5, 0.6) is 0 Å². The first-order chi connectivity index (χ1) is 7.77. The first kappa shape index (κ1) is 10.3. The van der Waals surface area contributed by atoms with Crippen molar-refractivity contribution in [1.82, 2.24) is 9.97 Å². The van der Waals surface area contributed by atoms with E-state index in [0.29, 0.717) is 12.0 Å². The van der Waals surface area contributed by atoms with Crippen LogP contribution in [0.4, 0.5) is 5.82 Å². The number of pyridine rings is 2. The zero-order chi connectivity index (χ0) is 11.4. The minimum Gasteiger partial charge on any atom is -0.383 e. The average molecular weight is 213 g/mol. The Labute approximate surface area is 93.2 Å². The summed E-state index contributed by atoms with van der Waals surface area (Å²) in [7, 11) is 0. The molecule has 0 bridgehead atoms. The van der Waals surface area contributed by atoms with Gasteiger partial charge in [0, 0.05) is 25.0 Å². The first-order valence-corrected chi connectivity index (χ1v) is 4.90. The Hall–Kier alpha value is -2.23. The Morgan fingerprint density at radius 3 is 2.75 bits per heavy atom. The van der Waals surface area contributed by atoms with Crippen molar-refractivity contribution in [3.8, 4) is 0 Å². The predicted molar refractivity (Wildman–Crippen MR) is 60.9 cm³/mol. The fourth-order valence-electron chi connectivity index (χ4n) is 1.44. The number of hydrogen-bond acceptors (Lipinski definition) is 4. The highest BCUT2D eigenvalue weighted by atomic mass is 16.1. The molecule has 2 N–H and O–H groups in total. The van der Waals surface area contributed by atoms with Crippen molar-refractivity contribution in [1.29, 1.82) is 0 Å². The second-order valence-corrected chi connectivity index (χ2v) is 3.40. The van der Waals surface area contributed by atoms with Gasteiger partial charge in [0.05, 0.1) is 5.56 Å². The Kier molecular flexibility index (Phi) is 2.91. The van der Waals surface area contributed by atoms with Crippen LogP contribution in [0.2, 0.25) is 0 Å². The van der Waals surface area contributed by atoms with Crippen LogP contribution in [0.3, 0.4) is 0 Å². The SMILES string of the molecule is Nc1ncccc1C(=O)Cc1cccnc1. The van der Waals surface area contributed by atoms with Gasteiger partial charge in [0.2, 0.25) is 0 Å². The van der Waals surface area contributed by atoms with Crippen LogP contribution >= 0.6 is 0 Å². The molecule has 16 heavy (non-hydrogen) atoms. The van der Waals surface area contributed by atoms with Crippen molar-refractivity contribution in [2.24, 2.45) is 0 Å². The number of aromatic nitrogens is 2. The van der Waals surface area contributed by atoms with Gasteiger partial charge in [0.25, 0.3) is 0 Å². The molecule has 80 valence electrons. The normalized spacial score (nSPS) is 10.0. The van der Waals surface area contributed by atoms with E-state index in [4.69, 9.17) is 5.73 Å². The van der Waals surface area contributed by atoms with Gasteiger partial charge >= 0.3 is 0 Å². The zero-order valence-electron chi connectivity index (χ0n) is 8.63. The summed E-state index contributed by atoms with van der Waals surface area (Å²) in [6.45, 7) is 0. The molecule has 0 atom stereocenters. The van der Waals surface area contributed by atoms with Crippen molar-refractivity contribution in [2.75, 3.05) is 5.73 Å². The zero-order valence-corrected chi connectivity index (χ0v) is 8.63. The van der Waals surface area contributed by atoms with E-state index in [1.165, 1.54) is 0 Å². The van der Waals surface area contributed by atoms with Gasteiger partial charge in [-0.05, 0) is 23.8 Å². The summed E-state index contributed by atoms with van der Waals surface area (Å²) in [4.78, 5) is 19.7. The molecule has 0 aliphatic carbocycles. The number of nitrogens with two attached hydrogens (primary N) is 1. The number of Topliss-reactive ketones (excluding diaryl/α,β-unsaturated/α-hetero) is 1. The van der Waals surface area contributed by atoms with E-state index in [1.54, 1.807) is 36.8 Å². The van der Waals surface area contributed by atoms with Crippen LogP contribution in [0.1, 0.15) is 15.9 Å². The number of ketones is 1. The van der Waals surface area contributed by atoms with Crippen LogP contribution in [0.15, 0.2) is 42.9 Å². The Morgan fingerprint density at radius 1 is 1.25 bits per heavy atom. The van der Waals surface area contributed by atoms with E-state index in [-0.39, 0.29) is 11.6 Å². The van der Waals surface area contributed by atoms with E-state index in [2.05, 4.69) is 9.97 Å². The summed E-state index contributed by atoms with van der Waals surface area (Å²) in [5, 5.41) is 0. The van der Waals surface area contributed by atoms with E-state index >= 15 is 0 Å². The van der Waals surface area contributed by atoms with Gasteiger partial charge in [0.1, 0.15) is 5.82 Å². The number of nitrogens with zero attached hydrogens (tertiary/aromatic N) is 2. The minimum absolute atomic E-state index is 0.0430. The van der Waals surface area contributed by atoms with Gasteiger partial charge in [-0.25, -0.2) is 4.98 Å². The lowest BCUT2D eigenvalue weighted by Gasteiger charge is -2.03. The van der Waals surface area contributed by atoms with Gasteiger partial charge < -0.3 is 5.73 Å². The summed E-state index contributed by atoms with van der Waals surface area (Å²) in [5.74, 6) is 0.231. The van der Waals surface area contributed by atoms with Crippen LogP contribution in [0.25, 0.3) is 0 Å². The topological polar surface area (TPSA) is 68.9 Å². The van der Waals surface area contributed by atoms with Crippen LogP contribution in [-0.2, 0) is 6.42 Å². The lowest BCUT2D eigenvalue weighted by molar-refractivity contribution is 0.0993. The van der Waals surface area contributed by atoms with Crippen molar-refractivity contribution in [3.63, 3.8) is 0 Å². The summed E-state index contributed by atoms with van der Waals surface area (Å²) in [5.41, 5.74) is 6.96. The third-order valence-corrected chi connectivity index (χ3v) is 2.23. The molecule has 0 aliphatic heterocycles. The van der Waals surface area contributed by atoms with Crippen LogP contribution in [-0.4, -0.2) is 15.8 Å². The second kappa shape index (κ2) is 4.53. The minimum atomic E-state index is -0.0430. The third kappa shape index (κ3) is 2.23. The smallest absolute Gasteiger partial charge is 0.170 e.